The zero-order valence-electron chi connectivity index (χ0n) is 9.33. The summed E-state index contributed by atoms with van der Waals surface area (Å²) in [4.78, 5) is 15.3. The number of primary sulfonamides is 1. The monoisotopic (exact) mass is 301 g/mol. The van der Waals surface area contributed by atoms with Gasteiger partial charge in [-0.1, -0.05) is 0 Å². The number of rotatable bonds is 3. The molecular formula is C10H8FN3O3S2. The van der Waals surface area contributed by atoms with Crippen LogP contribution in [0.25, 0.3) is 0 Å². The van der Waals surface area contributed by atoms with Crippen molar-refractivity contribution < 1.29 is 17.6 Å². The number of hydrogen-bond acceptors (Lipinski definition) is 5. The molecule has 0 aliphatic carbocycles. The molecular weight excluding hydrogens is 293 g/mol. The van der Waals surface area contributed by atoms with Crippen molar-refractivity contribution >= 4 is 33.0 Å². The van der Waals surface area contributed by atoms with Gasteiger partial charge in [0, 0.05) is 5.69 Å². The van der Waals surface area contributed by atoms with Crippen LogP contribution in [0.1, 0.15) is 9.67 Å². The minimum atomic E-state index is -4.04. The summed E-state index contributed by atoms with van der Waals surface area (Å²) in [5, 5.41) is 7.27. The predicted molar refractivity (Wildman–Crippen MR) is 67.8 cm³/mol. The average molecular weight is 301 g/mol. The Bertz CT molecular complexity index is 714. The summed E-state index contributed by atoms with van der Waals surface area (Å²) < 4.78 is 35.6. The molecule has 0 unspecified atom stereocenters. The lowest BCUT2D eigenvalue weighted by molar-refractivity contribution is 0.103. The second-order valence-corrected chi connectivity index (χ2v) is 5.99. The van der Waals surface area contributed by atoms with Gasteiger partial charge in [-0.3, -0.25) is 9.78 Å². The summed E-state index contributed by atoms with van der Waals surface area (Å²) in [5.41, 5.74) is 1.47. The molecule has 0 saturated carbocycles. The Labute approximate surface area is 112 Å². The lowest BCUT2D eigenvalue weighted by Gasteiger charge is -2.06. The van der Waals surface area contributed by atoms with E-state index in [9.17, 15) is 17.6 Å². The van der Waals surface area contributed by atoms with Gasteiger partial charge < -0.3 is 5.32 Å². The van der Waals surface area contributed by atoms with Crippen molar-refractivity contribution in [2.75, 3.05) is 5.32 Å². The van der Waals surface area contributed by atoms with Crippen LogP contribution >= 0.6 is 11.3 Å². The topological polar surface area (TPSA) is 102 Å². The number of nitrogens with one attached hydrogen (secondary N) is 1. The summed E-state index contributed by atoms with van der Waals surface area (Å²) in [7, 11) is -4.04. The third kappa shape index (κ3) is 3.34. The molecule has 2 aromatic rings. The zero-order chi connectivity index (χ0) is 14.0. The van der Waals surface area contributed by atoms with Crippen molar-refractivity contribution in [2.24, 2.45) is 5.14 Å². The van der Waals surface area contributed by atoms with Gasteiger partial charge in [0.1, 0.15) is 10.7 Å². The van der Waals surface area contributed by atoms with Gasteiger partial charge >= 0.3 is 0 Å². The smallest absolute Gasteiger partial charge is 0.267 e. The molecule has 3 N–H and O–H groups in total. The number of thiazole rings is 1. The SMILES string of the molecule is NS(=O)(=O)c1cc(F)cc(NC(=O)c2cncs2)c1. The van der Waals surface area contributed by atoms with Gasteiger partial charge in [0.25, 0.3) is 5.91 Å². The van der Waals surface area contributed by atoms with Crippen LogP contribution in [0.15, 0.2) is 34.8 Å². The summed E-state index contributed by atoms with van der Waals surface area (Å²) in [5.74, 6) is -1.32. The first kappa shape index (κ1) is 13.6. The Morgan fingerprint density at radius 3 is 2.68 bits per heavy atom. The van der Waals surface area contributed by atoms with Crippen molar-refractivity contribution in [3.63, 3.8) is 0 Å². The van der Waals surface area contributed by atoms with E-state index in [1.807, 2.05) is 0 Å². The maximum Gasteiger partial charge on any atom is 0.267 e. The molecule has 0 atom stereocenters. The lowest BCUT2D eigenvalue weighted by atomic mass is 10.3. The molecule has 100 valence electrons. The highest BCUT2D eigenvalue weighted by Crippen LogP contribution is 2.18. The molecule has 1 aromatic carbocycles. The third-order valence-electron chi connectivity index (χ3n) is 2.11. The molecule has 1 aromatic heterocycles. The fourth-order valence-corrected chi connectivity index (χ4v) is 2.40. The molecule has 0 bridgehead atoms. The van der Waals surface area contributed by atoms with Crippen LogP contribution in [0.4, 0.5) is 10.1 Å². The van der Waals surface area contributed by atoms with E-state index in [-0.39, 0.29) is 5.69 Å². The minimum Gasteiger partial charge on any atom is -0.321 e. The Morgan fingerprint density at radius 1 is 1.37 bits per heavy atom. The lowest BCUT2D eigenvalue weighted by Crippen LogP contribution is -2.14. The van der Waals surface area contributed by atoms with Crippen LogP contribution in [0.3, 0.4) is 0 Å². The van der Waals surface area contributed by atoms with Crippen LogP contribution in [0, 0.1) is 5.82 Å². The summed E-state index contributed by atoms with van der Waals surface area (Å²) >= 11 is 1.10. The molecule has 9 heteroatoms. The predicted octanol–water partition coefficient (Wildman–Crippen LogP) is 1.18. The maximum atomic E-state index is 13.3. The molecule has 6 nitrogen and oxygen atoms in total. The van der Waals surface area contributed by atoms with Crippen molar-refractivity contribution in [2.45, 2.75) is 4.90 Å². The van der Waals surface area contributed by atoms with Gasteiger partial charge in [-0.15, -0.1) is 11.3 Å². The Morgan fingerprint density at radius 2 is 2.11 bits per heavy atom. The van der Waals surface area contributed by atoms with Crippen LogP contribution in [-0.4, -0.2) is 19.3 Å². The summed E-state index contributed by atoms with van der Waals surface area (Å²) in [6, 6.07) is 2.85. The molecule has 0 saturated heterocycles. The van der Waals surface area contributed by atoms with E-state index in [2.05, 4.69) is 10.3 Å². The van der Waals surface area contributed by atoms with E-state index in [0.717, 1.165) is 29.5 Å². The molecule has 0 aliphatic heterocycles. The number of nitrogens with zero attached hydrogens (tertiary/aromatic N) is 1. The van der Waals surface area contributed by atoms with Crippen molar-refractivity contribution in [1.29, 1.82) is 0 Å². The van der Waals surface area contributed by atoms with Gasteiger partial charge in [-0.05, 0) is 18.2 Å². The highest BCUT2D eigenvalue weighted by atomic mass is 32.2. The normalized spacial score (nSPS) is 11.3. The number of carbonyl (C=O) groups excluding carboxylic acids is 1. The molecule has 0 aliphatic rings. The van der Waals surface area contributed by atoms with Crippen molar-refractivity contribution in [3.8, 4) is 0 Å². The Kier molecular flexibility index (Phi) is 3.60. The van der Waals surface area contributed by atoms with Gasteiger partial charge in [-0.2, -0.15) is 0 Å². The largest absolute Gasteiger partial charge is 0.321 e. The number of carbonyl (C=O) groups is 1. The zero-order valence-corrected chi connectivity index (χ0v) is 11.0. The number of hydrogen-bond donors (Lipinski definition) is 2. The number of nitrogens with two attached hydrogens (primary N) is 1. The highest BCUT2D eigenvalue weighted by Gasteiger charge is 2.13. The average Bonchev–Trinajstić information content (AvgIpc) is 2.80. The van der Waals surface area contributed by atoms with E-state index in [4.69, 9.17) is 5.14 Å². The van der Waals surface area contributed by atoms with Crippen LogP contribution in [0.2, 0.25) is 0 Å². The standard InChI is InChI=1S/C10H8FN3O3S2/c11-6-1-7(3-8(2-6)19(12,16)17)14-10(15)9-4-13-5-18-9/h1-5H,(H,14,15)(H2,12,16,17). The van der Waals surface area contributed by atoms with E-state index < -0.39 is 26.6 Å². The Balaban J connectivity index is 2.31. The maximum absolute atomic E-state index is 13.3. The van der Waals surface area contributed by atoms with Gasteiger partial charge in [0.2, 0.25) is 10.0 Å². The number of benzene rings is 1. The van der Waals surface area contributed by atoms with Crippen LogP contribution in [0.5, 0.6) is 0 Å². The minimum absolute atomic E-state index is 0.00225. The number of anilines is 1. The van der Waals surface area contributed by atoms with E-state index in [1.54, 1.807) is 0 Å². The first-order chi connectivity index (χ1) is 8.86. The van der Waals surface area contributed by atoms with Crippen LogP contribution in [-0.2, 0) is 10.0 Å². The molecule has 2 rings (SSSR count). The quantitative estimate of drug-likeness (QED) is 0.888. The molecule has 19 heavy (non-hydrogen) atoms. The fourth-order valence-electron chi connectivity index (χ4n) is 1.32. The number of sulfonamides is 1. The number of halogens is 1. The fraction of sp³-hybridized carbons (Fsp3) is 0. The van der Waals surface area contributed by atoms with Gasteiger partial charge in [0.05, 0.1) is 16.6 Å². The van der Waals surface area contributed by atoms with E-state index in [0.29, 0.717) is 4.88 Å². The summed E-state index contributed by atoms with van der Waals surface area (Å²) in [6.07, 6.45) is 1.35. The van der Waals surface area contributed by atoms with E-state index >= 15 is 0 Å². The van der Waals surface area contributed by atoms with Gasteiger partial charge in [0.15, 0.2) is 0 Å². The number of amides is 1. The molecule has 0 spiro atoms. The Hall–Kier alpha value is -1.84. The second-order valence-electron chi connectivity index (χ2n) is 3.54. The van der Waals surface area contributed by atoms with Gasteiger partial charge in [-0.25, -0.2) is 17.9 Å². The van der Waals surface area contributed by atoms with Crippen molar-refractivity contribution in [1.82, 2.24) is 4.98 Å². The molecule has 0 radical (unpaired) electrons. The number of aromatic nitrogens is 1. The molecule has 0 fully saturated rings. The summed E-state index contributed by atoms with van der Waals surface area (Å²) in [6.45, 7) is 0. The first-order valence-electron chi connectivity index (χ1n) is 4.89. The third-order valence-corrected chi connectivity index (χ3v) is 3.78. The van der Waals surface area contributed by atoms with Crippen LogP contribution < -0.4 is 10.5 Å². The first-order valence-corrected chi connectivity index (χ1v) is 7.32. The molecule has 1 heterocycles. The van der Waals surface area contributed by atoms with E-state index in [1.165, 1.54) is 11.7 Å². The molecule has 1 amide bonds. The second kappa shape index (κ2) is 5.03. The highest BCUT2D eigenvalue weighted by molar-refractivity contribution is 7.89. The van der Waals surface area contributed by atoms with Crippen molar-refractivity contribution in [3.05, 3.63) is 40.6 Å².